The van der Waals surface area contributed by atoms with Gasteiger partial charge in [0.2, 0.25) is 0 Å². The van der Waals surface area contributed by atoms with Gasteiger partial charge in [-0.25, -0.2) is 0 Å². The highest BCUT2D eigenvalue weighted by molar-refractivity contribution is 5.30. The van der Waals surface area contributed by atoms with Gasteiger partial charge in [-0.05, 0) is 42.2 Å². The molecule has 1 aliphatic carbocycles. The number of nitrogens with two attached hydrogens (primary N) is 1. The van der Waals surface area contributed by atoms with Crippen molar-refractivity contribution >= 4 is 0 Å². The number of benzene rings is 1. The fourth-order valence-corrected chi connectivity index (χ4v) is 3.26. The van der Waals surface area contributed by atoms with Crippen LogP contribution >= 0.6 is 0 Å². The molecule has 0 radical (unpaired) electrons. The zero-order valence-electron chi connectivity index (χ0n) is 11.7. The molecule has 1 aliphatic rings. The van der Waals surface area contributed by atoms with Crippen LogP contribution in [-0.2, 0) is 6.42 Å². The van der Waals surface area contributed by atoms with Gasteiger partial charge in [0, 0.05) is 6.04 Å². The molecular formula is C16H26N2. The summed E-state index contributed by atoms with van der Waals surface area (Å²) < 4.78 is 0. The Morgan fingerprint density at radius 3 is 2.50 bits per heavy atom. The maximum atomic E-state index is 5.84. The monoisotopic (exact) mass is 246 g/mol. The molecule has 0 aromatic heterocycles. The fraction of sp³-hybridized carbons (Fsp3) is 0.625. The van der Waals surface area contributed by atoms with Crippen LogP contribution in [0.5, 0.6) is 0 Å². The van der Waals surface area contributed by atoms with Crippen molar-refractivity contribution in [1.29, 1.82) is 0 Å². The molecule has 1 atom stereocenters. The molecule has 1 saturated carbocycles. The summed E-state index contributed by atoms with van der Waals surface area (Å²) >= 11 is 0. The Hall–Kier alpha value is -0.860. The van der Waals surface area contributed by atoms with Gasteiger partial charge < -0.3 is 0 Å². The van der Waals surface area contributed by atoms with E-state index in [1.165, 1.54) is 36.8 Å². The molecule has 0 aliphatic heterocycles. The highest BCUT2D eigenvalue weighted by atomic mass is 15.2. The van der Waals surface area contributed by atoms with Crippen LogP contribution in [0.3, 0.4) is 0 Å². The van der Waals surface area contributed by atoms with Crippen LogP contribution in [0.15, 0.2) is 24.3 Å². The van der Waals surface area contributed by atoms with Crippen molar-refractivity contribution in [3.05, 3.63) is 35.4 Å². The summed E-state index contributed by atoms with van der Waals surface area (Å²) in [4.78, 5) is 0. The van der Waals surface area contributed by atoms with Crippen molar-refractivity contribution in [2.45, 2.75) is 52.0 Å². The summed E-state index contributed by atoms with van der Waals surface area (Å²) in [7, 11) is 0. The third-order valence-corrected chi connectivity index (χ3v) is 4.48. The second-order valence-corrected chi connectivity index (χ2v) is 5.72. The van der Waals surface area contributed by atoms with E-state index in [-0.39, 0.29) is 0 Å². The lowest BCUT2D eigenvalue weighted by molar-refractivity contribution is 0.232. The molecule has 0 spiro atoms. The smallest absolute Gasteiger partial charge is 0.0490 e. The van der Waals surface area contributed by atoms with Crippen molar-refractivity contribution in [1.82, 2.24) is 5.43 Å². The largest absolute Gasteiger partial charge is 0.271 e. The van der Waals surface area contributed by atoms with E-state index in [9.17, 15) is 0 Å². The van der Waals surface area contributed by atoms with Crippen molar-refractivity contribution in [2.24, 2.45) is 17.7 Å². The predicted molar refractivity (Wildman–Crippen MR) is 77.0 cm³/mol. The Bertz CT molecular complexity index is 367. The maximum absolute atomic E-state index is 5.84. The van der Waals surface area contributed by atoms with Gasteiger partial charge in [-0.3, -0.25) is 11.3 Å². The number of hydrogen-bond acceptors (Lipinski definition) is 2. The maximum Gasteiger partial charge on any atom is 0.0490 e. The molecule has 1 fully saturated rings. The third kappa shape index (κ3) is 2.93. The van der Waals surface area contributed by atoms with Crippen molar-refractivity contribution < 1.29 is 0 Å². The molecule has 2 heteroatoms. The summed E-state index contributed by atoms with van der Waals surface area (Å²) in [5, 5.41) is 0. The molecule has 0 bridgehead atoms. The normalized spacial score (nSPS) is 25.9. The lowest BCUT2D eigenvalue weighted by Gasteiger charge is -2.33. The molecule has 18 heavy (non-hydrogen) atoms. The molecule has 0 amide bonds. The summed E-state index contributed by atoms with van der Waals surface area (Å²) in [6.07, 6.45) is 6.37. The average molecular weight is 246 g/mol. The van der Waals surface area contributed by atoms with E-state index in [0.717, 1.165) is 12.3 Å². The minimum absolute atomic E-state index is 0.327. The van der Waals surface area contributed by atoms with Crippen LogP contribution in [0.1, 0.15) is 56.7 Å². The quantitative estimate of drug-likeness (QED) is 0.629. The Labute approximate surface area is 111 Å². The van der Waals surface area contributed by atoms with Crippen LogP contribution in [0.2, 0.25) is 0 Å². The standard InChI is InChI=1S/C16H26N2/c1-3-13-6-4-5-7-15(13)16(18-17)14-10-8-12(2)9-11-14/h4-7,12,14,16,18H,3,8-11,17H2,1-2H3. The minimum atomic E-state index is 0.327. The molecule has 2 rings (SSSR count). The van der Waals surface area contributed by atoms with E-state index in [1.54, 1.807) is 0 Å². The van der Waals surface area contributed by atoms with Gasteiger partial charge in [0.1, 0.15) is 0 Å². The predicted octanol–water partition coefficient (Wildman–Crippen LogP) is 3.58. The first-order valence-corrected chi connectivity index (χ1v) is 7.30. The molecule has 1 unspecified atom stereocenters. The number of nitrogens with one attached hydrogen (secondary N) is 1. The zero-order chi connectivity index (χ0) is 13.0. The Balaban J connectivity index is 2.17. The number of aryl methyl sites for hydroxylation is 1. The second kappa shape index (κ2) is 6.35. The van der Waals surface area contributed by atoms with Crippen LogP contribution in [0, 0.1) is 11.8 Å². The molecule has 2 nitrogen and oxygen atoms in total. The minimum Gasteiger partial charge on any atom is -0.271 e. The summed E-state index contributed by atoms with van der Waals surface area (Å²) in [6.45, 7) is 4.58. The van der Waals surface area contributed by atoms with Crippen LogP contribution in [-0.4, -0.2) is 0 Å². The number of hydrazine groups is 1. The molecule has 1 aromatic rings. The molecule has 0 heterocycles. The van der Waals surface area contributed by atoms with Gasteiger partial charge in [0.05, 0.1) is 0 Å². The fourth-order valence-electron chi connectivity index (χ4n) is 3.26. The van der Waals surface area contributed by atoms with Gasteiger partial charge in [-0.2, -0.15) is 0 Å². The highest BCUT2D eigenvalue weighted by Crippen LogP contribution is 2.37. The van der Waals surface area contributed by atoms with Crippen LogP contribution < -0.4 is 11.3 Å². The number of rotatable bonds is 4. The highest BCUT2D eigenvalue weighted by Gasteiger charge is 2.27. The number of hydrogen-bond donors (Lipinski definition) is 2. The lowest BCUT2D eigenvalue weighted by atomic mass is 9.76. The summed E-state index contributed by atoms with van der Waals surface area (Å²) in [6, 6.07) is 9.05. The van der Waals surface area contributed by atoms with Crippen molar-refractivity contribution in [3.63, 3.8) is 0 Å². The van der Waals surface area contributed by atoms with E-state index >= 15 is 0 Å². The van der Waals surface area contributed by atoms with Crippen LogP contribution in [0.4, 0.5) is 0 Å². The summed E-state index contributed by atoms with van der Waals surface area (Å²) in [5.41, 5.74) is 5.91. The second-order valence-electron chi connectivity index (χ2n) is 5.72. The van der Waals surface area contributed by atoms with E-state index in [2.05, 4.69) is 43.5 Å². The Morgan fingerprint density at radius 2 is 1.89 bits per heavy atom. The van der Waals surface area contributed by atoms with Crippen molar-refractivity contribution in [2.75, 3.05) is 0 Å². The molecule has 3 N–H and O–H groups in total. The van der Waals surface area contributed by atoms with E-state index in [0.29, 0.717) is 12.0 Å². The van der Waals surface area contributed by atoms with Gasteiger partial charge in [0.25, 0.3) is 0 Å². The van der Waals surface area contributed by atoms with Gasteiger partial charge >= 0.3 is 0 Å². The molecular weight excluding hydrogens is 220 g/mol. The van der Waals surface area contributed by atoms with Crippen LogP contribution in [0.25, 0.3) is 0 Å². The topological polar surface area (TPSA) is 38.0 Å². The SMILES string of the molecule is CCc1ccccc1C(NN)C1CCC(C)CC1. The van der Waals surface area contributed by atoms with Gasteiger partial charge in [0.15, 0.2) is 0 Å². The van der Waals surface area contributed by atoms with Gasteiger partial charge in [-0.1, -0.05) is 51.0 Å². The molecule has 0 saturated heterocycles. The average Bonchev–Trinajstić information content (AvgIpc) is 2.42. The summed E-state index contributed by atoms with van der Waals surface area (Å²) in [5.74, 6) is 7.43. The van der Waals surface area contributed by atoms with E-state index in [4.69, 9.17) is 5.84 Å². The Morgan fingerprint density at radius 1 is 1.22 bits per heavy atom. The first kappa shape index (κ1) is 13.6. The third-order valence-electron chi connectivity index (χ3n) is 4.48. The van der Waals surface area contributed by atoms with E-state index < -0.39 is 0 Å². The lowest BCUT2D eigenvalue weighted by Crippen LogP contribution is -2.35. The first-order chi connectivity index (χ1) is 8.76. The Kier molecular flexibility index (Phi) is 4.79. The van der Waals surface area contributed by atoms with Gasteiger partial charge in [-0.15, -0.1) is 0 Å². The first-order valence-electron chi connectivity index (χ1n) is 7.30. The van der Waals surface area contributed by atoms with Crippen molar-refractivity contribution in [3.8, 4) is 0 Å². The molecule has 100 valence electrons. The molecule has 1 aromatic carbocycles. The van der Waals surface area contributed by atoms with E-state index in [1.807, 2.05) is 0 Å². The zero-order valence-corrected chi connectivity index (χ0v) is 11.7.